The molecular weight excluding hydrogens is 448 g/mol. The Morgan fingerprint density at radius 3 is 2.51 bits per heavy atom. The number of para-hydroxylation sites is 2. The number of rotatable bonds is 6. The number of anilines is 2. The van der Waals surface area contributed by atoms with E-state index in [1.165, 1.54) is 0 Å². The maximum atomic E-state index is 13.6. The van der Waals surface area contributed by atoms with Crippen LogP contribution in [0.15, 0.2) is 66.7 Å². The fraction of sp³-hybridized carbons (Fsp3) is 0.259. The van der Waals surface area contributed by atoms with Gasteiger partial charge in [-0.15, -0.1) is 0 Å². The van der Waals surface area contributed by atoms with Crippen molar-refractivity contribution in [2.75, 3.05) is 31.2 Å². The van der Waals surface area contributed by atoms with E-state index < -0.39 is 12.0 Å². The van der Waals surface area contributed by atoms with Crippen LogP contribution < -0.4 is 29.2 Å². The zero-order valence-electron chi connectivity index (χ0n) is 19.5. The number of hydrogen-bond donors (Lipinski definition) is 1. The lowest BCUT2D eigenvalue weighted by Gasteiger charge is -2.41. The molecule has 5 rings (SSSR count). The van der Waals surface area contributed by atoms with E-state index in [1.807, 2.05) is 42.5 Å². The number of fused-ring (bicyclic) bond motifs is 1. The maximum Gasteiger partial charge on any atom is 0.231 e. The molecular formula is C27H26N2O6. The highest BCUT2D eigenvalue weighted by atomic mass is 16.7. The van der Waals surface area contributed by atoms with Gasteiger partial charge < -0.3 is 29.2 Å². The smallest absolute Gasteiger partial charge is 0.231 e. The minimum atomic E-state index is -0.530. The molecule has 8 nitrogen and oxygen atoms in total. The highest BCUT2D eigenvalue weighted by Gasteiger charge is 2.42. The highest BCUT2D eigenvalue weighted by molar-refractivity contribution is 6.01. The molecule has 0 bridgehead atoms. The summed E-state index contributed by atoms with van der Waals surface area (Å²) in [6, 6.07) is 19.6. The van der Waals surface area contributed by atoms with Crippen LogP contribution in [0.5, 0.6) is 23.0 Å². The summed E-state index contributed by atoms with van der Waals surface area (Å²) in [5.41, 5.74) is 2.06. The second-order valence-electron chi connectivity index (χ2n) is 8.35. The van der Waals surface area contributed by atoms with Crippen LogP contribution in [0.2, 0.25) is 0 Å². The average molecular weight is 475 g/mol. The molecule has 3 aromatic rings. The van der Waals surface area contributed by atoms with Gasteiger partial charge in [0.1, 0.15) is 11.5 Å². The maximum absolute atomic E-state index is 13.6. The fourth-order valence-corrected chi connectivity index (χ4v) is 4.66. The van der Waals surface area contributed by atoms with Crippen LogP contribution in [-0.2, 0) is 9.59 Å². The monoisotopic (exact) mass is 474 g/mol. The molecule has 0 aliphatic carbocycles. The predicted octanol–water partition coefficient (Wildman–Crippen LogP) is 4.56. The molecule has 2 amide bonds. The molecule has 2 aliphatic rings. The minimum Gasteiger partial charge on any atom is -0.497 e. The summed E-state index contributed by atoms with van der Waals surface area (Å²) >= 11 is 0. The van der Waals surface area contributed by atoms with Crippen molar-refractivity contribution >= 4 is 23.2 Å². The number of methoxy groups -OCH3 is 2. The first kappa shape index (κ1) is 22.6. The largest absolute Gasteiger partial charge is 0.497 e. The molecule has 0 saturated carbocycles. The van der Waals surface area contributed by atoms with E-state index in [-0.39, 0.29) is 25.0 Å². The second kappa shape index (κ2) is 9.58. The number of piperidine rings is 1. The van der Waals surface area contributed by atoms with E-state index in [4.69, 9.17) is 18.9 Å². The van der Waals surface area contributed by atoms with E-state index in [2.05, 4.69) is 5.32 Å². The molecule has 2 aliphatic heterocycles. The molecule has 2 heterocycles. The van der Waals surface area contributed by atoms with Crippen molar-refractivity contribution in [1.29, 1.82) is 0 Å². The van der Waals surface area contributed by atoms with Gasteiger partial charge in [0.15, 0.2) is 11.5 Å². The summed E-state index contributed by atoms with van der Waals surface area (Å²) in [7, 11) is 3.16. The standard InChI is InChI=1S/C27H26N2O6/c1-32-19-10-7-17(8-11-19)26-20(27(31)28-21-5-3-4-6-22(21)33-2)12-14-25(30)29(26)18-9-13-23-24(15-18)35-16-34-23/h3-11,13,15,20,26H,12,14,16H2,1-2H3,(H,28,31). The van der Waals surface area contributed by atoms with Crippen LogP contribution >= 0.6 is 0 Å². The Kier molecular flexibility index (Phi) is 6.18. The van der Waals surface area contributed by atoms with Crippen molar-refractivity contribution in [2.45, 2.75) is 18.9 Å². The average Bonchev–Trinajstić information content (AvgIpc) is 3.37. The molecule has 1 N–H and O–H groups in total. The third kappa shape index (κ3) is 4.35. The number of nitrogens with one attached hydrogen (secondary N) is 1. The number of amides is 2. The van der Waals surface area contributed by atoms with Gasteiger partial charge in [-0.05, 0) is 48.4 Å². The molecule has 2 atom stereocenters. The van der Waals surface area contributed by atoms with Crippen molar-refractivity contribution in [3.63, 3.8) is 0 Å². The second-order valence-corrected chi connectivity index (χ2v) is 8.35. The molecule has 0 spiro atoms. The zero-order valence-corrected chi connectivity index (χ0v) is 19.5. The van der Waals surface area contributed by atoms with E-state index in [1.54, 1.807) is 43.4 Å². The molecule has 3 aromatic carbocycles. The van der Waals surface area contributed by atoms with E-state index in [0.717, 1.165) is 5.56 Å². The summed E-state index contributed by atoms with van der Waals surface area (Å²) in [5.74, 6) is 1.71. The Bertz CT molecular complexity index is 1240. The van der Waals surface area contributed by atoms with Gasteiger partial charge in [-0.3, -0.25) is 9.59 Å². The van der Waals surface area contributed by atoms with Crippen LogP contribution in [0.3, 0.4) is 0 Å². The normalized spacial score (nSPS) is 18.8. The quantitative estimate of drug-likeness (QED) is 0.564. The van der Waals surface area contributed by atoms with Crippen LogP contribution in [0.25, 0.3) is 0 Å². The Morgan fingerprint density at radius 1 is 0.971 bits per heavy atom. The van der Waals surface area contributed by atoms with Crippen LogP contribution in [0, 0.1) is 5.92 Å². The van der Waals surface area contributed by atoms with Gasteiger partial charge in [-0.1, -0.05) is 24.3 Å². The van der Waals surface area contributed by atoms with Crippen molar-refractivity contribution < 1.29 is 28.5 Å². The minimum absolute atomic E-state index is 0.0639. The van der Waals surface area contributed by atoms with Crippen molar-refractivity contribution in [3.8, 4) is 23.0 Å². The summed E-state index contributed by atoms with van der Waals surface area (Å²) < 4.78 is 21.7. The van der Waals surface area contributed by atoms with Crippen LogP contribution in [0.4, 0.5) is 11.4 Å². The molecule has 8 heteroatoms. The Labute approximate surface area is 203 Å². The summed E-state index contributed by atoms with van der Waals surface area (Å²) in [4.78, 5) is 28.6. The topological polar surface area (TPSA) is 86.3 Å². The molecule has 180 valence electrons. The first-order valence-corrected chi connectivity index (χ1v) is 11.4. The first-order chi connectivity index (χ1) is 17.1. The molecule has 35 heavy (non-hydrogen) atoms. The fourth-order valence-electron chi connectivity index (χ4n) is 4.66. The lowest BCUT2D eigenvalue weighted by molar-refractivity contribution is -0.125. The van der Waals surface area contributed by atoms with Gasteiger partial charge in [0.05, 0.1) is 31.9 Å². The van der Waals surface area contributed by atoms with Gasteiger partial charge in [0.25, 0.3) is 0 Å². The SMILES string of the molecule is COc1ccc(C2C(C(=O)Nc3ccccc3OC)CCC(=O)N2c2ccc3c(c2)OCO3)cc1. The van der Waals surface area contributed by atoms with Gasteiger partial charge in [-0.25, -0.2) is 0 Å². The zero-order chi connectivity index (χ0) is 24.4. The van der Waals surface area contributed by atoms with Gasteiger partial charge >= 0.3 is 0 Å². The van der Waals surface area contributed by atoms with Crippen molar-refractivity contribution in [2.24, 2.45) is 5.92 Å². The number of carbonyl (C=O) groups is 2. The number of hydrogen-bond acceptors (Lipinski definition) is 6. The number of ether oxygens (including phenoxy) is 4. The summed E-state index contributed by atoms with van der Waals surface area (Å²) in [6.45, 7) is 0.137. The summed E-state index contributed by atoms with van der Waals surface area (Å²) in [5, 5.41) is 3.01. The van der Waals surface area contributed by atoms with E-state index in [0.29, 0.717) is 40.8 Å². The third-order valence-corrected chi connectivity index (χ3v) is 6.39. The molecule has 2 unspecified atom stereocenters. The van der Waals surface area contributed by atoms with Crippen LogP contribution in [0.1, 0.15) is 24.4 Å². The third-order valence-electron chi connectivity index (χ3n) is 6.39. The Balaban J connectivity index is 1.54. The lowest BCUT2D eigenvalue weighted by Crippen LogP contribution is -2.47. The van der Waals surface area contributed by atoms with Gasteiger partial charge in [0, 0.05) is 18.2 Å². The predicted molar refractivity (Wildman–Crippen MR) is 130 cm³/mol. The molecule has 0 aromatic heterocycles. The van der Waals surface area contributed by atoms with Gasteiger partial charge in [0.2, 0.25) is 18.6 Å². The number of nitrogens with zero attached hydrogens (tertiary/aromatic N) is 1. The van der Waals surface area contributed by atoms with Gasteiger partial charge in [-0.2, -0.15) is 0 Å². The van der Waals surface area contributed by atoms with E-state index >= 15 is 0 Å². The Hall–Kier alpha value is -4.20. The Morgan fingerprint density at radius 2 is 1.74 bits per heavy atom. The first-order valence-electron chi connectivity index (χ1n) is 11.4. The van der Waals surface area contributed by atoms with Crippen LogP contribution in [-0.4, -0.2) is 32.8 Å². The molecule has 1 fully saturated rings. The van der Waals surface area contributed by atoms with E-state index in [9.17, 15) is 9.59 Å². The lowest BCUT2D eigenvalue weighted by atomic mass is 9.83. The summed E-state index contributed by atoms with van der Waals surface area (Å²) in [6.07, 6.45) is 0.655. The number of carbonyl (C=O) groups excluding carboxylic acids is 2. The number of benzene rings is 3. The van der Waals surface area contributed by atoms with Crippen molar-refractivity contribution in [3.05, 3.63) is 72.3 Å². The van der Waals surface area contributed by atoms with Crippen molar-refractivity contribution in [1.82, 2.24) is 0 Å². The highest BCUT2D eigenvalue weighted by Crippen LogP contribution is 2.44. The molecule has 0 radical (unpaired) electrons. The molecule has 1 saturated heterocycles.